The number of nitrogens with one attached hydrogen (secondary N) is 1. The molecule has 0 aromatic carbocycles. The number of amides is 1. The van der Waals surface area contributed by atoms with E-state index in [1.54, 1.807) is 6.08 Å². The molecule has 494 valence electrons. The minimum Gasteiger partial charge on any atom is -0.394 e. The van der Waals surface area contributed by atoms with Crippen molar-refractivity contribution in [2.75, 3.05) is 19.8 Å². The topological polar surface area (TPSA) is 228 Å². The van der Waals surface area contributed by atoms with Gasteiger partial charge in [0.25, 0.3) is 0 Å². The van der Waals surface area contributed by atoms with Crippen molar-refractivity contribution < 1.29 is 64.6 Å². The van der Waals surface area contributed by atoms with Crippen LogP contribution < -0.4 is 5.32 Å². The average Bonchev–Trinajstić information content (AvgIpc) is 1.83. The van der Waals surface area contributed by atoms with Gasteiger partial charge in [0.2, 0.25) is 5.91 Å². The Bertz CT molecular complexity index is 1860. The van der Waals surface area contributed by atoms with Crippen LogP contribution in [0.15, 0.2) is 109 Å². The van der Waals surface area contributed by atoms with Crippen molar-refractivity contribution in [1.82, 2.24) is 5.32 Å². The first kappa shape index (κ1) is 78.7. The highest BCUT2D eigenvalue weighted by Gasteiger charge is 2.51. The van der Waals surface area contributed by atoms with Gasteiger partial charge in [-0.1, -0.05) is 258 Å². The van der Waals surface area contributed by atoms with Crippen molar-refractivity contribution >= 4 is 5.91 Å². The van der Waals surface area contributed by atoms with Crippen molar-refractivity contribution in [2.45, 2.75) is 319 Å². The van der Waals surface area contributed by atoms with E-state index in [1.807, 2.05) is 6.08 Å². The zero-order chi connectivity index (χ0) is 62.3. The summed E-state index contributed by atoms with van der Waals surface area (Å²) in [5, 5.41) is 87.2. The molecule has 86 heavy (non-hydrogen) atoms. The molecule has 12 atom stereocenters. The Hall–Kier alpha value is -3.35. The van der Waals surface area contributed by atoms with Crippen LogP contribution in [0.3, 0.4) is 0 Å². The van der Waals surface area contributed by atoms with E-state index in [0.717, 1.165) is 77.0 Å². The number of unbranched alkanes of at least 4 members (excludes halogenated alkanes) is 25. The molecule has 14 heteroatoms. The monoisotopic (exact) mass is 1210 g/mol. The molecule has 0 aliphatic carbocycles. The fraction of sp³-hybridized carbons (Fsp3) is 0.736. The van der Waals surface area contributed by atoms with E-state index >= 15 is 0 Å². The highest BCUT2D eigenvalue weighted by atomic mass is 16.7. The number of carbonyl (C=O) groups excluding carboxylic acids is 1. The molecular weight excluding hydrogens is 1090 g/mol. The lowest BCUT2D eigenvalue weighted by atomic mass is 9.97. The SMILES string of the molecule is CC/C=C\C/C=C\C/C=C\C/C=C\C/C=C\C/C=C\C/C=C\CCCCCCCCCCCCCCCCCC(=O)NC(COC1OC(CO)C(OC2OC(CO)C(O)C(O)C2O)C(O)C1O)C(O)/C=C/CC/C=C/CCCCCCCCCCC. The van der Waals surface area contributed by atoms with Crippen LogP contribution in [0, 0.1) is 0 Å². The molecule has 2 aliphatic rings. The lowest BCUT2D eigenvalue weighted by Crippen LogP contribution is -2.65. The second-order valence-corrected chi connectivity index (χ2v) is 23.6. The van der Waals surface area contributed by atoms with Crippen LogP contribution in [-0.4, -0.2) is 140 Å². The van der Waals surface area contributed by atoms with Crippen molar-refractivity contribution in [2.24, 2.45) is 0 Å². The van der Waals surface area contributed by atoms with Crippen LogP contribution in [0.2, 0.25) is 0 Å². The summed E-state index contributed by atoms with van der Waals surface area (Å²) in [6.45, 7) is 2.66. The van der Waals surface area contributed by atoms with Crippen LogP contribution in [0.5, 0.6) is 0 Å². The molecule has 2 rings (SSSR count). The number of hydrogen-bond donors (Lipinski definition) is 9. The predicted octanol–water partition coefficient (Wildman–Crippen LogP) is 13.6. The smallest absolute Gasteiger partial charge is 0.220 e. The molecule has 2 heterocycles. The third kappa shape index (κ3) is 39.6. The quantitative estimate of drug-likeness (QED) is 0.0204. The lowest BCUT2D eigenvalue weighted by molar-refractivity contribution is -0.359. The second kappa shape index (κ2) is 55.7. The maximum Gasteiger partial charge on any atom is 0.220 e. The Kier molecular flexibility index (Phi) is 51.0. The van der Waals surface area contributed by atoms with Gasteiger partial charge in [-0.25, -0.2) is 0 Å². The molecule has 2 saturated heterocycles. The third-order valence-corrected chi connectivity index (χ3v) is 15.9. The molecule has 0 aromatic rings. The zero-order valence-electron chi connectivity index (χ0n) is 53.5. The lowest BCUT2D eigenvalue weighted by Gasteiger charge is -2.46. The standard InChI is InChI=1S/C72H123NO13/c1-3-5-7-9-11-13-15-17-19-20-21-22-23-24-25-26-27-28-29-30-31-32-33-34-35-36-37-38-39-40-42-44-46-48-50-52-54-56-64(77)73-60(61(76)55-53-51-49-47-45-43-41-18-16-14-12-10-8-6-4-2)59-83-71-69(82)67(80)70(63(58-75)85-71)86-72-68(81)66(79)65(78)62(57-74)84-72/h5,7,11,13,17,19,21-22,24-25,27-28,30-31,45,47,53,55,60-63,65-72,74-76,78-82H,3-4,6,8-10,12,14-16,18,20,23,26,29,32-44,46,48-52,54,56-59H2,1-2H3,(H,73,77)/b7-5-,13-11-,19-17-,22-21-,25-24-,28-27-,31-30-,47-45+,55-53+. The molecule has 9 N–H and O–H groups in total. The summed E-state index contributed by atoms with van der Waals surface area (Å²) in [6, 6.07) is -0.937. The predicted molar refractivity (Wildman–Crippen MR) is 350 cm³/mol. The van der Waals surface area contributed by atoms with Crippen LogP contribution >= 0.6 is 0 Å². The van der Waals surface area contributed by atoms with Gasteiger partial charge in [-0.2, -0.15) is 0 Å². The molecule has 1 amide bonds. The number of rotatable bonds is 54. The summed E-state index contributed by atoms with van der Waals surface area (Å²) in [7, 11) is 0. The van der Waals surface area contributed by atoms with E-state index in [2.05, 4.69) is 116 Å². The number of aliphatic hydroxyl groups excluding tert-OH is 8. The van der Waals surface area contributed by atoms with Gasteiger partial charge in [0, 0.05) is 6.42 Å². The number of carbonyl (C=O) groups is 1. The first-order valence-electron chi connectivity index (χ1n) is 34.1. The first-order chi connectivity index (χ1) is 42.1. The largest absolute Gasteiger partial charge is 0.394 e. The van der Waals surface area contributed by atoms with Crippen molar-refractivity contribution in [3.05, 3.63) is 109 Å². The van der Waals surface area contributed by atoms with Gasteiger partial charge in [-0.15, -0.1) is 0 Å². The minimum absolute atomic E-state index is 0.252. The summed E-state index contributed by atoms with van der Waals surface area (Å²) >= 11 is 0. The van der Waals surface area contributed by atoms with E-state index in [4.69, 9.17) is 18.9 Å². The Morgan fingerprint density at radius 2 is 0.814 bits per heavy atom. The van der Waals surface area contributed by atoms with E-state index in [-0.39, 0.29) is 18.9 Å². The molecular formula is C72H123NO13. The molecule has 0 spiro atoms. The Morgan fingerprint density at radius 3 is 1.28 bits per heavy atom. The Balaban J connectivity index is 1.63. The molecule has 2 fully saturated rings. The first-order valence-corrected chi connectivity index (χ1v) is 34.1. The Morgan fingerprint density at radius 1 is 0.430 bits per heavy atom. The number of ether oxygens (including phenoxy) is 4. The molecule has 0 bridgehead atoms. The molecule has 0 saturated carbocycles. The van der Waals surface area contributed by atoms with Crippen molar-refractivity contribution in [3.8, 4) is 0 Å². The second-order valence-electron chi connectivity index (χ2n) is 23.6. The van der Waals surface area contributed by atoms with Gasteiger partial charge in [0.15, 0.2) is 12.6 Å². The highest BCUT2D eigenvalue weighted by molar-refractivity contribution is 5.76. The summed E-state index contributed by atoms with van der Waals surface area (Å²) in [4.78, 5) is 13.3. The average molecular weight is 1210 g/mol. The summed E-state index contributed by atoms with van der Waals surface area (Å²) < 4.78 is 22.8. The number of aliphatic hydroxyl groups is 8. The normalized spacial score (nSPS) is 24.1. The molecule has 14 nitrogen and oxygen atoms in total. The molecule has 0 aromatic heterocycles. The Labute approximate surface area is 521 Å². The zero-order valence-corrected chi connectivity index (χ0v) is 53.5. The van der Waals surface area contributed by atoms with Crippen LogP contribution in [0.1, 0.15) is 245 Å². The van der Waals surface area contributed by atoms with Gasteiger partial charge in [-0.05, 0) is 89.9 Å². The van der Waals surface area contributed by atoms with Crippen molar-refractivity contribution in [1.29, 1.82) is 0 Å². The van der Waals surface area contributed by atoms with E-state index in [0.29, 0.717) is 12.8 Å². The summed E-state index contributed by atoms with van der Waals surface area (Å²) in [6.07, 6.45) is 62.9. The fourth-order valence-corrected chi connectivity index (χ4v) is 10.5. The third-order valence-electron chi connectivity index (χ3n) is 15.9. The minimum atomic E-state index is -1.79. The molecule has 2 aliphatic heterocycles. The summed E-state index contributed by atoms with van der Waals surface area (Å²) in [5.41, 5.74) is 0. The maximum absolute atomic E-state index is 13.3. The maximum atomic E-state index is 13.3. The van der Waals surface area contributed by atoms with Crippen molar-refractivity contribution in [3.63, 3.8) is 0 Å². The van der Waals surface area contributed by atoms with Crippen LogP contribution in [0.4, 0.5) is 0 Å². The highest BCUT2D eigenvalue weighted by Crippen LogP contribution is 2.30. The summed E-state index contributed by atoms with van der Waals surface area (Å²) in [5.74, 6) is -0.252. The van der Waals surface area contributed by atoms with Gasteiger partial charge < -0.3 is 65.1 Å². The fourth-order valence-electron chi connectivity index (χ4n) is 10.5. The van der Waals surface area contributed by atoms with E-state index in [9.17, 15) is 45.6 Å². The molecule has 12 unspecified atom stereocenters. The van der Waals surface area contributed by atoms with E-state index in [1.165, 1.54) is 135 Å². The van der Waals surface area contributed by atoms with Gasteiger partial charge in [0.05, 0.1) is 32.0 Å². The van der Waals surface area contributed by atoms with Crippen LogP contribution in [-0.2, 0) is 23.7 Å². The number of allylic oxidation sites excluding steroid dienone is 17. The van der Waals surface area contributed by atoms with Gasteiger partial charge >= 0.3 is 0 Å². The number of hydrogen-bond acceptors (Lipinski definition) is 13. The van der Waals surface area contributed by atoms with Gasteiger partial charge in [0.1, 0.15) is 48.8 Å². The van der Waals surface area contributed by atoms with E-state index < -0.39 is 86.8 Å². The molecule has 0 radical (unpaired) electrons. The van der Waals surface area contributed by atoms with Crippen LogP contribution in [0.25, 0.3) is 0 Å². The van der Waals surface area contributed by atoms with Gasteiger partial charge in [-0.3, -0.25) is 4.79 Å².